The highest BCUT2D eigenvalue weighted by molar-refractivity contribution is 5.98. The summed E-state index contributed by atoms with van der Waals surface area (Å²) in [4.78, 5) is 26.4. The van der Waals surface area contributed by atoms with Crippen molar-refractivity contribution in [2.75, 3.05) is 6.54 Å². The van der Waals surface area contributed by atoms with Crippen LogP contribution in [0.4, 0.5) is 0 Å². The number of nitrogens with zero attached hydrogens (tertiary/aromatic N) is 1. The van der Waals surface area contributed by atoms with Crippen molar-refractivity contribution in [1.82, 2.24) is 4.90 Å². The largest absolute Gasteiger partial charge is 0.508 e. The Hall–Kier alpha value is -2.04. The minimum Gasteiger partial charge on any atom is -0.508 e. The Balaban J connectivity index is 1.27. The van der Waals surface area contributed by atoms with E-state index in [0.717, 1.165) is 50.1 Å². The van der Waals surface area contributed by atoms with Gasteiger partial charge in [0.05, 0.1) is 0 Å². The maximum Gasteiger partial charge on any atom is 0.302 e. The van der Waals surface area contributed by atoms with Gasteiger partial charge in [-0.2, -0.15) is 0 Å². The molecule has 3 aliphatic rings. The molecule has 1 heterocycles. The highest BCUT2D eigenvalue weighted by atomic mass is 16.5. The van der Waals surface area contributed by atoms with Gasteiger partial charge >= 0.3 is 5.97 Å². The zero-order valence-electron chi connectivity index (χ0n) is 18.9. The normalized spacial score (nSPS) is 25.3. The summed E-state index contributed by atoms with van der Waals surface area (Å²) in [6, 6.07) is 5.10. The van der Waals surface area contributed by atoms with Gasteiger partial charge in [0.15, 0.2) is 0 Å². The zero-order valence-corrected chi connectivity index (χ0v) is 18.9. The molecule has 1 N–H and O–H groups in total. The van der Waals surface area contributed by atoms with Crippen molar-refractivity contribution in [2.45, 2.75) is 90.2 Å². The number of phenols is 1. The van der Waals surface area contributed by atoms with Crippen molar-refractivity contribution >= 4 is 11.9 Å². The average Bonchev–Trinajstić information content (AvgIpc) is 3.07. The second-order valence-corrected chi connectivity index (χ2v) is 10.0. The highest BCUT2D eigenvalue weighted by Gasteiger charge is 2.34. The molecular formula is C26H37NO4. The Kier molecular flexibility index (Phi) is 7.19. The summed E-state index contributed by atoms with van der Waals surface area (Å²) in [5.41, 5.74) is 1.65. The molecule has 1 aromatic carbocycles. The third-order valence-corrected chi connectivity index (χ3v) is 7.77. The molecule has 5 heteroatoms. The van der Waals surface area contributed by atoms with Crippen LogP contribution >= 0.6 is 0 Å². The van der Waals surface area contributed by atoms with E-state index in [1.165, 1.54) is 45.4 Å². The lowest BCUT2D eigenvalue weighted by atomic mass is 9.77. The Morgan fingerprint density at radius 1 is 1.10 bits per heavy atom. The van der Waals surface area contributed by atoms with Crippen LogP contribution in [0.25, 0.3) is 0 Å². The lowest BCUT2D eigenvalue weighted by Crippen LogP contribution is -2.35. The van der Waals surface area contributed by atoms with Crippen LogP contribution in [0.15, 0.2) is 18.2 Å². The number of esters is 1. The first-order valence-corrected chi connectivity index (χ1v) is 12.3. The molecule has 2 aliphatic carbocycles. The van der Waals surface area contributed by atoms with Gasteiger partial charge < -0.3 is 14.7 Å². The number of hydrogen-bond acceptors (Lipinski definition) is 4. The molecule has 0 spiro atoms. The fraction of sp³-hybridized carbons (Fsp3) is 0.692. The van der Waals surface area contributed by atoms with E-state index in [1.807, 2.05) is 11.0 Å². The van der Waals surface area contributed by atoms with Crippen LogP contribution in [0.3, 0.4) is 0 Å². The predicted octanol–water partition coefficient (Wildman–Crippen LogP) is 5.45. The first kappa shape index (κ1) is 22.2. The fourth-order valence-corrected chi connectivity index (χ4v) is 6.03. The molecule has 2 saturated carbocycles. The van der Waals surface area contributed by atoms with Crippen LogP contribution < -0.4 is 0 Å². The number of benzene rings is 1. The molecule has 0 aromatic heterocycles. The average molecular weight is 428 g/mol. The van der Waals surface area contributed by atoms with Crippen molar-refractivity contribution in [3.05, 3.63) is 29.3 Å². The molecule has 4 rings (SSSR count). The summed E-state index contributed by atoms with van der Waals surface area (Å²) in [6.45, 7) is 2.96. The van der Waals surface area contributed by atoms with E-state index in [4.69, 9.17) is 4.74 Å². The number of ether oxygens (including phenoxy) is 1. The molecule has 2 fully saturated rings. The topological polar surface area (TPSA) is 66.8 Å². The molecule has 0 radical (unpaired) electrons. The maximum absolute atomic E-state index is 12.7. The van der Waals surface area contributed by atoms with Gasteiger partial charge in [-0.15, -0.1) is 0 Å². The van der Waals surface area contributed by atoms with E-state index >= 15 is 0 Å². The van der Waals surface area contributed by atoms with Gasteiger partial charge in [-0.3, -0.25) is 9.59 Å². The van der Waals surface area contributed by atoms with E-state index in [-0.39, 0.29) is 23.7 Å². The van der Waals surface area contributed by atoms with Gasteiger partial charge in [-0.05, 0) is 74.0 Å². The van der Waals surface area contributed by atoms with Crippen molar-refractivity contribution < 1.29 is 19.4 Å². The first-order chi connectivity index (χ1) is 15.0. The molecule has 5 nitrogen and oxygen atoms in total. The van der Waals surface area contributed by atoms with Crippen LogP contribution in [0.5, 0.6) is 5.75 Å². The summed E-state index contributed by atoms with van der Waals surface area (Å²) < 4.78 is 5.79. The number of phenolic OH excluding ortho intramolecular Hbond substituents is 1. The summed E-state index contributed by atoms with van der Waals surface area (Å²) in [5.74, 6) is 1.80. The summed E-state index contributed by atoms with van der Waals surface area (Å²) in [7, 11) is 0. The summed E-state index contributed by atoms with van der Waals surface area (Å²) in [6.07, 6.45) is 13.3. The summed E-state index contributed by atoms with van der Waals surface area (Å²) in [5, 5.41) is 9.69. The molecule has 1 aliphatic heterocycles. The molecular weight excluding hydrogens is 390 g/mol. The summed E-state index contributed by atoms with van der Waals surface area (Å²) >= 11 is 0. The monoisotopic (exact) mass is 427 g/mol. The van der Waals surface area contributed by atoms with E-state index in [0.29, 0.717) is 23.9 Å². The quantitative estimate of drug-likeness (QED) is 0.588. The van der Waals surface area contributed by atoms with Crippen LogP contribution in [0, 0.1) is 17.8 Å². The predicted molar refractivity (Wildman–Crippen MR) is 120 cm³/mol. The Morgan fingerprint density at radius 2 is 1.84 bits per heavy atom. The second kappa shape index (κ2) is 10.1. The molecule has 1 unspecified atom stereocenters. The standard InChI is InChI=1S/C26H37NO4/c1-18(28)31-25(14-9-19-5-3-2-4-6-19)21-10-7-20(8-11-21)16-27-17-22-12-13-23(29)15-24(22)26(27)30/h12-13,15,19-21,25,29H,2-11,14,16-17H2,1H3/t20-,21-,25?. The van der Waals surface area contributed by atoms with Crippen LogP contribution in [0.2, 0.25) is 0 Å². The minimum atomic E-state index is -0.153. The number of hydrogen-bond donors (Lipinski definition) is 1. The number of amides is 1. The number of rotatable bonds is 7. The SMILES string of the molecule is CC(=O)OC(CCC1CCCCC1)[C@H]1CC[C@H](CN2Cc3ccc(O)cc3C2=O)CC1. The molecule has 1 amide bonds. The number of carbonyl (C=O) groups excluding carboxylic acids is 2. The second-order valence-electron chi connectivity index (χ2n) is 10.0. The van der Waals surface area contributed by atoms with E-state index in [9.17, 15) is 14.7 Å². The van der Waals surface area contributed by atoms with Crippen LogP contribution in [0.1, 0.15) is 93.5 Å². The van der Waals surface area contributed by atoms with E-state index in [2.05, 4.69) is 0 Å². The van der Waals surface area contributed by atoms with Gasteiger partial charge in [0, 0.05) is 25.6 Å². The first-order valence-electron chi connectivity index (χ1n) is 12.3. The molecule has 1 atom stereocenters. The molecule has 31 heavy (non-hydrogen) atoms. The Bertz CT molecular complexity index is 778. The lowest BCUT2D eigenvalue weighted by molar-refractivity contribution is -0.150. The van der Waals surface area contributed by atoms with Crippen molar-refractivity contribution in [3.8, 4) is 5.75 Å². The van der Waals surface area contributed by atoms with Crippen LogP contribution in [-0.4, -0.2) is 34.5 Å². The third kappa shape index (κ3) is 5.61. The maximum atomic E-state index is 12.7. The zero-order chi connectivity index (χ0) is 21.8. The van der Waals surface area contributed by atoms with Crippen LogP contribution in [-0.2, 0) is 16.1 Å². The Morgan fingerprint density at radius 3 is 2.55 bits per heavy atom. The van der Waals surface area contributed by atoms with Crippen molar-refractivity contribution in [1.29, 1.82) is 0 Å². The smallest absolute Gasteiger partial charge is 0.302 e. The fourth-order valence-electron chi connectivity index (χ4n) is 6.03. The lowest BCUT2D eigenvalue weighted by Gasteiger charge is -2.35. The van der Waals surface area contributed by atoms with Gasteiger partial charge in [0.1, 0.15) is 11.9 Å². The third-order valence-electron chi connectivity index (χ3n) is 7.77. The number of carbonyl (C=O) groups is 2. The van der Waals surface area contributed by atoms with Gasteiger partial charge in [0.2, 0.25) is 0 Å². The van der Waals surface area contributed by atoms with E-state index < -0.39 is 0 Å². The molecule has 0 bridgehead atoms. The van der Waals surface area contributed by atoms with Crippen molar-refractivity contribution in [2.24, 2.45) is 17.8 Å². The Labute approximate surface area is 186 Å². The molecule has 1 aromatic rings. The van der Waals surface area contributed by atoms with Gasteiger partial charge in [-0.1, -0.05) is 38.2 Å². The number of aromatic hydroxyl groups is 1. The van der Waals surface area contributed by atoms with Gasteiger partial charge in [-0.25, -0.2) is 0 Å². The molecule has 170 valence electrons. The van der Waals surface area contributed by atoms with Gasteiger partial charge in [0.25, 0.3) is 5.91 Å². The molecule has 0 saturated heterocycles. The number of fused-ring (bicyclic) bond motifs is 1. The minimum absolute atomic E-state index is 0.0401. The highest BCUT2D eigenvalue weighted by Crippen LogP contribution is 2.37. The van der Waals surface area contributed by atoms with E-state index in [1.54, 1.807) is 12.1 Å². The van der Waals surface area contributed by atoms with Crippen molar-refractivity contribution in [3.63, 3.8) is 0 Å².